The Morgan fingerprint density at radius 1 is 1.18 bits per heavy atom. The van der Waals surface area contributed by atoms with E-state index in [9.17, 15) is 0 Å². The maximum atomic E-state index is 4.93. The van der Waals surface area contributed by atoms with Crippen molar-refractivity contribution in [1.82, 2.24) is 0 Å². The molecule has 1 rings (SSSR count). The molecule has 0 aromatic heterocycles. The van der Waals surface area contributed by atoms with Crippen LogP contribution in [0.2, 0.25) is 0 Å². The second-order valence-electron chi connectivity index (χ2n) is 1.80. The summed E-state index contributed by atoms with van der Waals surface area (Å²) in [5, 5.41) is 0. The molecule has 0 unspecified atom stereocenters. The van der Waals surface area contributed by atoms with Crippen molar-refractivity contribution in [3.8, 4) is 11.5 Å². The van der Waals surface area contributed by atoms with Gasteiger partial charge in [-0.2, -0.15) is 0 Å². The molecule has 1 aromatic rings. The van der Waals surface area contributed by atoms with Gasteiger partial charge in [0.1, 0.15) is 0 Å². The predicted octanol–water partition coefficient (Wildman–Crippen LogP) is -1.49. The van der Waals surface area contributed by atoms with Crippen molar-refractivity contribution in [2.45, 2.75) is 0 Å². The molecule has 11 heavy (non-hydrogen) atoms. The first-order valence-corrected chi connectivity index (χ1v) is 2.96. The van der Waals surface area contributed by atoms with Gasteiger partial charge in [0, 0.05) is 11.5 Å². The van der Waals surface area contributed by atoms with Crippen LogP contribution >= 0.6 is 0 Å². The molecule has 0 saturated carbocycles. The molecule has 0 saturated heterocycles. The minimum absolute atomic E-state index is 0. The van der Waals surface area contributed by atoms with Crippen molar-refractivity contribution in [1.29, 1.82) is 0 Å². The van der Waals surface area contributed by atoms with Gasteiger partial charge >= 0.3 is 18.9 Å². The number of ether oxygens (including phenoxy) is 2. The van der Waals surface area contributed by atoms with E-state index in [1.165, 1.54) is 0 Å². The molecule has 0 atom stereocenters. The van der Waals surface area contributed by atoms with Gasteiger partial charge in [0.25, 0.3) is 0 Å². The summed E-state index contributed by atoms with van der Waals surface area (Å²) in [7, 11) is 3.23. The van der Waals surface area contributed by atoms with Crippen molar-refractivity contribution >= 4 is 0 Å². The number of methoxy groups -OCH3 is 2. The smallest absolute Gasteiger partial charge is 0.554 e. The van der Waals surface area contributed by atoms with Gasteiger partial charge < -0.3 is 9.47 Å². The van der Waals surface area contributed by atoms with E-state index in [1.54, 1.807) is 26.4 Å². The van der Waals surface area contributed by atoms with E-state index in [1.807, 2.05) is 6.07 Å². The molecule has 0 amide bonds. The average molecular weight is 144 g/mol. The summed E-state index contributed by atoms with van der Waals surface area (Å²) in [5.74, 6) is 1.52. The summed E-state index contributed by atoms with van der Waals surface area (Å²) < 4.78 is 9.83. The van der Waals surface area contributed by atoms with Crippen molar-refractivity contribution in [2.75, 3.05) is 14.2 Å². The Morgan fingerprint density at radius 3 is 2.27 bits per heavy atom. The van der Waals surface area contributed by atoms with E-state index in [4.69, 9.17) is 9.47 Å². The van der Waals surface area contributed by atoms with Crippen LogP contribution in [-0.2, 0) is 0 Å². The van der Waals surface area contributed by atoms with E-state index >= 15 is 0 Å². The third-order valence-electron chi connectivity index (χ3n) is 1.21. The molecule has 0 N–H and O–H groups in total. The van der Waals surface area contributed by atoms with Crippen molar-refractivity contribution in [2.24, 2.45) is 0 Å². The number of benzene rings is 1. The maximum Gasteiger partial charge on any atom is 1.00 e. The fraction of sp³-hybridized carbons (Fsp3) is 0.250. The SMILES string of the molecule is COc1[c-]cc(OC)cc1.[Li+]. The molecule has 0 radical (unpaired) electrons. The van der Waals surface area contributed by atoms with E-state index in [0.29, 0.717) is 0 Å². The van der Waals surface area contributed by atoms with Gasteiger partial charge in [-0.1, -0.05) is 0 Å². The molecule has 3 heteroatoms. The first-order valence-electron chi connectivity index (χ1n) is 2.96. The van der Waals surface area contributed by atoms with Gasteiger partial charge in [-0.25, -0.2) is 0 Å². The van der Waals surface area contributed by atoms with Crippen LogP contribution in [0.5, 0.6) is 11.5 Å². The number of rotatable bonds is 2. The summed E-state index contributed by atoms with van der Waals surface area (Å²) in [4.78, 5) is 0. The zero-order valence-electron chi connectivity index (χ0n) is 7.05. The van der Waals surface area contributed by atoms with Gasteiger partial charge in [-0.15, -0.1) is 24.3 Å². The fourth-order valence-corrected chi connectivity index (χ4v) is 0.650. The molecule has 0 aliphatic heterocycles. The minimum Gasteiger partial charge on any atom is -0.554 e. The molecule has 0 fully saturated rings. The Balaban J connectivity index is 0.000001000. The summed E-state index contributed by atoms with van der Waals surface area (Å²) in [5.41, 5.74) is 0. The Hall–Kier alpha value is -0.583. The predicted molar refractivity (Wildman–Crippen MR) is 38.4 cm³/mol. The maximum absolute atomic E-state index is 4.93. The fourth-order valence-electron chi connectivity index (χ4n) is 0.650. The van der Waals surface area contributed by atoms with Crippen molar-refractivity contribution in [3.63, 3.8) is 0 Å². The Morgan fingerprint density at radius 2 is 1.91 bits per heavy atom. The number of hydrogen-bond donors (Lipinski definition) is 0. The monoisotopic (exact) mass is 144 g/mol. The normalized spacial score (nSPS) is 8.18. The second kappa shape index (κ2) is 5.12. The summed E-state index contributed by atoms with van der Waals surface area (Å²) in [6.07, 6.45) is 0. The van der Waals surface area contributed by atoms with E-state index in [2.05, 4.69) is 6.07 Å². The van der Waals surface area contributed by atoms with Gasteiger partial charge in [0.05, 0.1) is 14.2 Å². The van der Waals surface area contributed by atoms with Crippen LogP contribution in [0.4, 0.5) is 0 Å². The van der Waals surface area contributed by atoms with Crippen LogP contribution < -0.4 is 28.3 Å². The molecule has 0 aliphatic rings. The Bertz CT molecular complexity index is 173. The molecular formula is C8H9LiO2. The summed E-state index contributed by atoms with van der Waals surface area (Å²) in [6, 6.07) is 8.26. The van der Waals surface area contributed by atoms with Crippen LogP contribution in [-0.4, -0.2) is 14.2 Å². The molecule has 2 nitrogen and oxygen atoms in total. The molecule has 0 spiro atoms. The Labute approximate surface area is 78.7 Å². The van der Waals surface area contributed by atoms with Crippen LogP contribution in [0.1, 0.15) is 0 Å². The molecule has 0 aliphatic carbocycles. The van der Waals surface area contributed by atoms with E-state index in [-0.39, 0.29) is 18.9 Å². The average Bonchev–Trinajstić information content (AvgIpc) is 2.05. The zero-order valence-corrected chi connectivity index (χ0v) is 7.05. The molecule has 0 bridgehead atoms. The third-order valence-corrected chi connectivity index (χ3v) is 1.21. The van der Waals surface area contributed by atoms with Crippen LogP contribution in [0.3, 0.4) is 0 Å². The Kier molecular flexibility index (Phi) is 4.85. The standard InChI is InChI=1S/C8H9O2.Li/c1-9-7-3-5-8(10-2)6-4-7;/h3-5H,1-2H3;/q-1;+1. The summed E-state index contributed by atoms with van der Waals surface area (Å²) >= 11 is 0. The summed E-state index contributed by atoms with van der Waals surface area (Å²) in [6.45, 7) is 0. The largest absolute Gasteiger partial charge is 1.00 e. The van der Waals surface area contributed by atoms with E-state index < -0.39 is 0 Å². The van der Waals surface area contributed by atoms with Gasteiger partial charge in [-0.3, -0.25) is 0 Å². The second-order valence-corrected chi connectivity index (χ2v) is 1.80. The zero-order chi connectivity index (χ0) is 7.40. The first-order chi connectivity index (χ1) is 4.86. The van der Waals surface area contributed by atoms with Gasteiger partial charge in [-0.05, 0) is 0 Å². The minimum atomic E-state index is 0. The van der Waals surface area contributed by atoms with Crippen molar-refractivity contribution in [3.05, 3.63) is 24.3 Å². The first kappa shape index (κ1) is 10.4. The van der Waals surface area contributed by atoms with E-state index in [0.717, 1.165) is 11.5 Å². The van der Waals surface area contributed by atoms with Crippen LogP contribution in [0, 0.1) is 6.07 Å². The molecule has 54 valence electrons. The van der Waals surface area contributed by atoms with Crippen LogP contribution in [0.15, 0.2) is 18.2 Å². The molecule has 1 aromatic carbocycles. The van der Waals surface area contributed by atoms with Crippen molar-refractivity contribution < 1.29 is 28.3 Å². The van der Waals surface area contributed by atoms with Gasteiger partial charge in [0.15, 0.2) is 0 Å². The quantitative estimate of drug-likeness (QED) is 0.372. The molecule has 0 heterocycles. The molecular weight excluding hydrogens is 135 g/mol. The van der Waals surface area contributed by atoms with Gasteiger partial charge in [0.2, 0.25) is 0 Å². The number of hydrogen-bond acceptors (Lipinski definition) is 2. The van der Waals surface area contributed by atoms with Crippen LogP contribution in [0.25, 0.3) is 0 Å². The topological polar surface area (TPSA) is 18.5 Å². The third kappa shape index (κ3) is 2.88.